The normalized spacial score (nSPS) is 28.1. The molecule has 1 aromatic rings. The lowest BCUT2D eigenvalue weighted by atomic mass is 9.61. The van der Waals surface area contributed by atoms with E-state index in [9.17, 15) is 5.11 Å². The lowest BCUT2D eigenvalue weighted by Crippen LogP contribution is -2.38. The Morgan fingerprint density at radius 3 is 2.48 bits per heavy atom. The molecule has 3 atom stereocenters. The van der Waals surface area contributed by atoms with E-state index in [2.05, 4.69) is 63.7 Å². The maximum absolute atomic E-state index is 10.1. The van der Waals surface area contributed by atoms with Crippen molar-refractivity contribution in [2.45, 2.75) is 45.4 Å². The van der Waals surface area contributed by atoms with Crippen LogP contribution in [0.25, 0.3) is 0 Å². The van der Waals surface area contributed by atoms with Crippen LogP contribution in [-0.2, 0) is 0 Å². The van der Waals surface area contributed by atoms with E-state index in [1.54, 1.807) is 0 Å². The first-order chi connectivity index (χ1) is 10.9. The van der Waals surface area contributed by atoms with Crippen molar-refractivity contribution in [3.05, 3.63) is 47.5 Å². The first-order valence-corrected chi connectivity index (χ1v) is 8.84. The predicted molar refractivity (Wildman–Crippen MR) is 98.8 cm³/mol. The Balaban J connectivity index is 2.25. The second-order valence-corrected chi connectivity index (χ2v) is 7.92. The molecule has 0 amide bonds. The Bertz CT molecular complexity index is 519. The molecule has 1 saturated carbocycles. The van der Waals surface area contributed by atoms with Gasteiger partial charge in [0.2, 0.25) is 0 Å². The Morgan fingerprint density at radius 1 is 1.30 bits per heavy atom. The largest absolute Gasteiger partial charge is 0.396 e. The van der Waals surface area contributed by atoms with Crippen molar-refractivity contribution in [3.8, 4) is 0 Å². The van der Waals surface area contributed by atoms with Gasteiger partial charge in [0.1, 0.15) is 0 Å². The molecule has 23 heavy (non-hydrogen) atoms. The zero-order valence-electron chi connectivity index (χ0n) is 15.3. The van der Waals surface area contributed by atoms with Crippen molar-refractivity contribution >= 4 is 0 Å². The van der Waals surface area contributed by atoms with Crippen LogP contribution in [-0.4, -0.2) is 37.3 Å². The molecule has 0 spiro atoms. The highest BCUT2D eigenvalue weighted by molar-refractivity contribution is 5.28. The molecule has 0 aromatic heterocycles. The summed E-state index contributed by atoms with van der Waals surface area (Å²) in [7, 11) is 4.23. The highest BCUT2D eigenvalue weighted by Gasteiger charge is 2.41. The quantitative estimate of drug-likeness (QED) is 0.787. The van der Waals surface area contributed by atoms with Crippen LogP contribution in [0.4, 0.5) is 0 Å². The van der Waals surface area contributed by atoms with E-state index in [4.69, 9.17) is 0 Å². The van der Waals surface area contributed by atoms with Crippen molar-refractivity contribution in [1.29, 1.82) is 0 Å². The summed E-state index contributed by atoms with van der Waals surface area (Å²) < 4.78 is 0. The van der Waals surface area contributed by atoms with Gasteiger partial charge in [0.15, 0.2) is 0 Å². The summed E-state index contributed by atoms with van der Waals surface area (Å²) >= 11 is 0. The third-order valence-corrected chi connectivity index (χ3v) is 5.69. The van der Waals surface area contributed by atoms with Crippen LogP contribution in [0.5, 0.6) is 0 Å². The van der Waals surface area contributed by atoms with Gasteiger partial charge in [0.25, 0.3) is 0 Å². The standard InChI is InChI=1S/C21H33NO/c1-16(2)19-10-11-21(15-23,12-13-22(4)5)14-20(19)18-8-6-17(3)7-9-18/h6-9,19-20,23H,1,10-15H2,2-5H3/t19-,20-,21+/m0/s1. The van der Waals surface area contributed by atoms with E-state index in [1.807, 2.05) is 0 Å². The number of aryl methyl sites for hydroxylation is 1. The summed E-state index contributed by atoms with van der Waals surface area (Å²) in [6.07, 6.45) is 4.39. The molecule has 1 aromatic carbocycles. The molecule has 2 heteroatoms. The maximum Gasteiger partial charge on any atom is 0.0488 e. The maximum atomic E-state index is 10.1. The Hall–Kier alpha value is -1.12. The minimum absolute atomic E-state index is 0.0613. The van der Waals surface area contributed by atoms with E-state index >= 15 is 0 Å². The van der Waals surface area contributed by atoms with Gasteiger partial charge in [-0.05, 0) is 83.0 Å². The molecular formula is C21H33NO. The number of hydrogen-bond acceptors (Lipinski definition) is 2. The van der Waals surface area contributed by atoms with E-state index in [1.165, 1.54) is 16.7 Å². The second kappa shape index (κ2) is 7.63. The summed E-state index contributed by atoms with van der Waals surface area (Å²) in [5, 5.41) is 10.1. The van der Waals surface area contributed by atoms with Crippen LogP contribution in [0.1, 0.15) is 49.7 Å². The molecule has 1 fully saturated rings. The third-order valence-electron chi connectivity index (χ3n) is 5.69. The fourth-order valence-corrected chi connectivity index (χ4v) is 4.04. The first-order valence-electron chi connectivity index (χ1n) is 8.84. The van der Waals surface area contributed by atoms with Crippen LogP contribution in [0.3, 0.4) is 0 Å². The second-order valence-electron chi connectivity index (χ2n) is 7.92. The number of benzene rings is 1. The summed E-state index contributed by atoms with van der Waals surface area (Å²) in [6, 6.07) is 8.96. The molecule has 2 nitrogen and oxygen atoms in total. The van der Waals surface area contributed by atoms with Crippen molar-refractivity contribution in [3.63, 3.8) is 0 Å². The van der Waals surface area contributed by atoms with E-state index < -0.39 is 0 Å². The fraction of sp³-hybridized carbons (Fsp3) is 0.619. The van der Waals surface area contributed by atoms with E-state index in [0.29, 0.717) is 18.4 Å². The van der Waals surface area contributed by atoms with E-state index in [0.717, 1.165) is 32.2 Å². The molecule has 0 radical (unpaired) electrons. The number of aliphatic hydroxyl groups is 1. The highest BCUT2D eigenvalue weighted by Crippen LogP contribution is 2.50. The average molecular weight is 316 g/mol. The van der Waals surface area contributed by atoms with Gasteiger partial charge >= 0.3 is 0 Å². The molecule has 1 aliphatic rings. The van der Waals surface area contributed by atoms with Crippen molar-refractivity contribution in [1.82, 2.24) is 4.90 Å². The number of rotatable bonds is 6. The van der Waals surface area contributed by atoms with Gasteiger partial charge in [0.05, 0.1) is 0 Å². The lowest BCUT2D eigenvalue weighted by molar-refractivity contribution is 0.0438. The van der Waals surface area contributed by atoms with Crippen LogP contribution in [0, 0.1) is 18.3 Å². The van der Waals surface area contributed by atoms with Crippen LogP contribution in [0.15, 0.2) is 36.4 Å². The van der Waals surface area contributed by atoms with Gasteiger partial charge in [0, 0.05) is 6.61 Å². The zero-order valence-corrected chi connectivity index (χ0v) is 15.3. The number of hydrogen-bond donors (Lipinski definition) is 1. The summed E-state index contributed by atoms with van der Waals surface area (Å²) in [5.41, 5.74) is 4.06. The van der Waals surface area contributed by atoms with Crippen LogP contribution >= 0.6 is 0 Å². The molecule has 128 valence electrons. The molecule has 0 saturated heterocycles. The SMILES string of the molecule is C=C(C)[C@@H]1CC[C@@](CO)(CCN(C)C)C[C@H]1c1ccc(C)cc1. The van der Waals surface area contributed by atoms with Crippen LogP contribution in [0.2, 0.25) is 0 Å². The first kappa shape index (κ1) is 18.2. The minimum atomic E-state index is 0.0613. The third kappa shape index (κ3) is 4.45. The molecular weight excluding hydrogens is 282 g/mol. The Labute approximate surface area is 142 Å². The summed E-state index contributed by atoms with van der Waals surface area (Å²) in [5.74, 6) is 1.02. The smallest absolute Gasteiger partial charge is 0.0488 e. The molecule has 1 aliphatic carbocycles. The van der Waals surface area contributed by atoms with Gasteiger partial charge in [-0.25, -0.2) is 0 Å². The number of nitrogens with zero attached hydrogens (tertiary/aromatic N) is 1. The minimum Gasteiger partial charge on any atom is -0.396 e. The highest BCUT2D eigenvalue weighted by atomic mass is 16.3. The topological polar surface area (TPSA) is 23.5 Å². The molecule has 0 unspecified atom stereocenters. The Morgan fingerprint density at radius 2 is 1.96 bits per heavy atom. The van der Waals surface area contributed by atoms with Gasteiger partial charge in [-0.1, -0.05) is 42.0 Å². The average Bonchev–Trinajstić information content (AvgIpc) is 2.53. The number of aliphatic hydroxyl groups excluding tert-OH is 1. The predicted octanol–water partition coefficient (Wildman–Crippen LogP) is 4.39. The lowest BCUT2D eigenvalue weighted by Gasteiger charge is -2.45. The van der Waals surface area contributed by atoms with Crippen molar-refractivity contribution < 1.29 is 5.11 Å². The summed E-state index contributed by atoms with van der Waals surface area (Å²) in [4.78, 5) is 2.23. The molecule has 0 bridgehead atoms. The number of allylic oxidation sites excluding steroid dienone is 1. The van der Waals surface area contributed by atoms with Gasteiger partial charge in [-0.2, -0.15) is 0 Å². The molecule has 0 heterocycles. The van der Waals surface area contributed by atoms with Crippen molar-refractivity contribution in [2.24, 2.45) is 11.3 Å². The van der Waals surface area contributed by atoms with Gasteiger partial charge in [-0.15, -0.1) is 0 Å². The van der Waals surface area contributed by atoms with E-state index in [-0.39, 0.29) is 5.41 Å². The molecule has 2 rings (SSSR count). The molecule has 1 N–H and O–H groups in total. The molecule has 0 aliphatic heterocycles. The Kier molecular flexibility index (Phi) is 6.05. The van der Waals surface area contributed by atoms with Crippen molar-refractivity contribution in [2.75, 3.05) is 27.2 Å². The van der Waals surface area contributed by atoms with Gasteiger partial charge < -0.3 is 10.0 Å². The fourth-order valence-electron chi connectivity index (χ4n) is 4.04. The van der Waals surface area contributed by atoms with Gasteiger partial charge in [-0.3, -0.25) is 0 Å². The summed E-state index contributed by atoms with van der Waals surface area (Å²) in [6.45, 7) is 9.89. The zero-order chi connectivity index (χ0) is 17.0. The van der Waals surface area contributed by atoms with Crippen LogP contribution < -0.4 is 0 Å². The monoisotopic (exact) mass is 315 g/mol.